The molecular weight excluding hydrogens is 608 g/mol. The van der Waals surface area contributed by atoms with Gasteiger partial charge in [-0.2, -0.15) is 0 Å². The van der Waals surface area contributed by atoms with Crippen LogP contribution in [0.5, 0.6) is 5.75 Å². The highest BCUT2D eigenvalue weighted by Crippen LogP contribution is 2.21. The van der Waals surface area contributed by atoms with E-state index in [0.29, 0.717) is 0 Å². The van der Waals surface area contributed by atoms with Crippen LogP contribution in [0.4, 0.5) is 15.3 Å². The van der Waals surface area contributed by atoms with Crippen LogP contribution in [0.25, 0.3) is 0 Å². The second-order valence-electron chi connectivity index (χ2n) is 11.6. The number of aliphatic carboxylic acids is 2. The number of ether oxygens (including phenoxy) is 3. The molecule has 2 aromatic rings. The second-order valence-corrected chi connectivity index (χ2v) is 11.6. The van der Waals surface area contributed by atoms with E-state index in [9.17, 15) is 39.0 Å². The van der Waals surface area contributed by atoms with Crippen LogP contribution < -0.4 is 20.7 Å². The van der Waals surface area contributed by atoms with E-state index >= 15 is 0 Å². The van der Waals surface area contributed by atoms with E-state index in [4.69, 9.17) is 19.3 Å². The van der Waals surface area contributed by atoms with Crippen molar-refractivity contribution in [2.45, 2.75) is 71.8 Å². The topological polar surface area (TPSA) is 239 Å². The maximum Gasteiger partial charge on any atom is 0.414 e. The van der Waals surface area contributed by atoms with Crippen LogP contribution in [0.15, 0.2) is 47.5 Å². The van der Waals surface area contributed by atoms with Crippen LogP contribution in [0.3, 0.4) is 0 Å². The summed E-state index contributed by atoms with van der Waals surface area (Å²) in [6.45, 7) is 9.27. The molecule has 46 heavy (non-hydrogen) atoms. The van der Waals surface area contributed by atoms with Gasteiger partial charge in [-0.05, 0) is 83.5 Å². The van der Waals surface area contributed by atoms with Gasteiger partial charge in [0.2, 0.25) is 5.96 Å². The average molecular weight is 645 g/mol. The Balaban J connectivity index is 2.26. The third-order valence-electron chi connectivity index (χ3n) is 5.27. The number of guanidine groups is 1. The number of carbonyl (C=O) groups is 6. The van der Waals surface area contributed by atoms with Crippen LogP contribution in [0.2, 0.25) is 0 Å². The molecule has 0 heterocycles. The van der Waals surface area contributed by atoms with E-state index in [-0.39, 0.29) is 34.1 Å². The van der Waals surface area contributed by atoms with Gasteiger partial charge < -0.3 is 34.8 Å². The summed E-state index contributed by atoms with van der Waals surface area (Å²) in [6, 6.07) is 7.34. The highest BCUT2D eigenvalue weighted by atomic mass is 16.6. The maximum atomic E-state index is 12.8. The molecule has 0 saturated heterocycles. The van der Waals surface area contributed by atoms with Gasteiger partial charge in [0.1, 0.15) is 23.0 Å². The Morgan fingerprint density at radius 2 is 1.37 bits per heavy atom. The summed E-state index contributed by atoms with van der Waals surface area (Å²) < 4.78 is 15.7. The van der Waals surface area contributed by atoms with Crippen molar-refractivity contribution >= 4 is 47.6 Å². The van der Waals surface area contributed by atoms with Gasteiger partial charge in [0, 0.05) is 5.56 Å². The fourth-order valence-electron chi connectivity index (χ4n) is 3.43. The van der Waals surface area contributed by atoms with Crippen molar-refractivity contribution < 1.29 is 58.3 Å². The zero-order valence-electron chi connectivity index (χ0n) is 26.0. The van der Waals surface area contributed by atoms with Crippen molar-refractivity contribution in [1.29, 1.82) is 0 Å². The van der Waals surface area contributed by atoms with Crippen LogP contribution in [-0.4, -0.2) is 74.5 Å². The van der Waals surface area contributed by atoms with E-state index < -0.39 is 66.3 Å². The quantitative estimate of drug-likeness (QED) is 0.0999. The molecule has 16 heteroatoms. The number of benzene rings is 2. The minimum Gasteiger partial charge on any atom is -0.481 e. The summed E-state index contributed by atoms with van der Waals surface area (Å²) in [5.74, 6) is -5.36. The number of aliphatic hydroxyl groups excluding tert-OH is 1. The Labute approximate surface area is 263 Å². The normalized spacial score (nSPS) is 11.7. The molecule has 0 fully saturated rings. The molecule has 2 rings (SSSR count). The summed E-state index contributed by atoms with van der Waals surface area (Å²) >= 11 is 0. The lowest BCUT2D eigenvalue weighted by molar-refractivity contribution is -0.145. The molecule has 0 spiro atoms. The van der Waals surface area contributed by atoms with Crippen molar-refractivity contribution in [3.05, 3.63) is 59.2 Å². The van der Waals surface area contributed by atoms with E-state index in [1.54, 1.807) is 41.5 Å². The molecule has 3 amide bonds. The molecule has 1 atom stereocenters. The standard InChI is InChI=1S/C30H36N4O12/c1-29(2,3)45-27(42)33-26(34-28(43)46-30(4,5)6)31-18-10-7-16(8-11-18)25(41)44-19-12-9-17(15-35)20(13-19)23(38)32-21(24(39)40)14-22(36)37/h7-13,21,35H,14-15H2,1-6H3,(H,32,38)(H,36,37)(H,39,40)(H2,31,33,34,42,43). The number of carboxylic acid groups (broad SMARTS) is 2. The lowest BCUT2D eigenvalue weighted by Crippen LogP contribution is -2.47. The lowest BCUT2D eigenvalue weighted by atomic mass is 10.1. The average Bonchev–Trinajstić information content (AvgIpc) is 2.90. The lowest BCUT2D eigenvalue weighted by Gasteiger charge is -2.22. The smallest absolute Gasteiger partial charge is 0.414 e. The Morgan fingerprint density at radius 1 is 0.826 bits per heavy atom. The van der Waals surface area contributed by atoms with Crippen molar-refractivity contribution in [3.8, 4) is 5.75 Å². The predicted molar refractivity (Wildman–Crippen MR) is 161 cm³/mol. The van der Waals surface area contributed by atoms with Crippen LogP contribution >= 0.6 is 0 Å². The Bertz CT molecular complexity index is 1470. The first kappa shape index (κ1) is 36.7. The van der Waals surface area contributed by atoms with E-state index in [0.717, 1.165) is 6.07 Å². The second kappa shape index (κ2) is 15.5. The molecule has 0 aliphatic heterocycles. The number of aliphatic imine (C=N–C) groups is 1. The number of carbonyl (C=O) groups excluding carboxylic acids is 4. The van der Waals surface area contributed by atoms with Crippen LogP contribution in [-0.2, 0) is 25.7 Å². The highest BCUT2D eigenvalue weighted by Gasteiger charge is 2.25. The van der Waals surface area contributed by atoms with Gasteiger partial charge in [-0.25, -0.2) is 24.2 Å². The Hall–Kier alpha value is -5.51. The minimum absolute atomic E-state index is 0.0327. The highest BCUT2D eigenvalue weighted by molar-refractivity contribution is 6.02. The number of nitrogens with one attached hydrogen (secondary N) is 3. The summed E-state index contributed by atoms with van der Waals surface area (Å²) in [7, 11) is 0. The number of rotatable bonds is 9. The van der Waals surface area contributed by atoms with Gasteiger partial charge in [0.25, 0.3) is 5.91 Å². The van der Waals surface area contributed by atoms with Crippen molar-refractivity contribution in [3.63, 3.8) is 0 Å². The van der Waals surface area contributed by atoms with Crippen LogP contribution in [0.1, 0.15) is 74.2 Å². The summed E-state index contributed by atoms with van der Waals surface area (Å²) in [5, 5.41) is 34.5. The number of carboxylic acids is 2. The summed E-state index contributed by atoms with van der Waals surface area (Å²) in [4.78, 5) is 76.7. The Morgan fingerprint density at radius 3 is 1.83 bits per heavy atom. The molecule has 0 aliphatic carbocycles. The number of hydrogen-bond acceptors (Lipinski definition) is 11. The Kier molecular flexibility index (Phi) is 12.3. The molecule has 2 aromatic carbocycles. The van der Waals surface area contributed by atoms with E-state index in [1.165, 1.54) is 36.4 Å². The third kappa shape index (κ3) is 12.6. The maximum absolute atomic E-state index is 12.8. The van der Waals surface area contributed by atoms with Gasteiger partial charge in [-0.3, -0.25) is 20.2 Å². The van der Waals surface area contributed by atoms with Crippen molar-refractivity contribution in [2.75, 3.05) is 0 Å². The molecule has 6 N–H and O–H groups in total. The SMILES string of the molecule is CC(C)(C)OC(=O)NC(=Nc1ccc(C(=O)Oc2ccc(CO)c(C(=O)NC(CC(=O)O)C(=O)O)c2)cc1)NC(=O)OC(C)(C)C. The fourth-order valence-corrected chi connectivity index (χ4v) is 3.43. The zero-order chi connectivity index (χ0) is 34.8. The summed E-state index contributed by atoms with van der Waals surface area (Å²) in [6.07, 6.45) is -2.69. The first-order valence-electron chi connectivity index (χ1n) is 13.7. The third-order valence-corrected chi connectivity index (χ3v) is 5.27. The molecule has 1 unspecified atom stereocenters. The molecule has 16 nitrogen and oxygen atoms in total. The van der Waals surface area contributed by atoms with Crippen molar-refractivity contribution in [1.82, 2.24) is 16.0 Å². The number of hydrogen-bond donors (Lipinski definition) is 6. The van der Waals surface area contributed by atoms with Crippen LogP contribution in [0, 0.1) is 0 Å². The monoisotopic (exact) mass is 644 g/mol. The van der Waals surface area contributed by atoms with Crippen molar-refractivity contribution in [2.24, 2.45) is 4.99 Å². The number of alkyl carbamates (subject to hydrolysis) is 2. The fraction of sp³-hybridized carbons (Fsp3) is 0.367. The molecule has 0 radical (unpaired) electrons. The molecule has 0 bridgehead atoms. The summed E-state index contributed by atoms with van der Waals surface area (Å²) in [5.41, 5.74) is -1.63. The number of aliphatic hydroxyl groups is 1. The molecule has 0 aromatic heterocycles. The van der Waals surface area contributed by atoms with E-state index in [1.807, 2.05) is 0 Å². The van der Waals surface area contributed by atoms with Gasteiger partial charge in [0.15, 0.2) is 0 Å². The molecular formula is C30H36N4O12. The predicted octanol–water partition coefficient (Wildman–Crippen LogP) is 3.09. The van der Waals surface area contributed by atoms with Gasteiger partial charge in [0.05, 0.1) is 24.3 Å². The first-order valence-corrected chi connectivity index (χ1v) is 13.7. The largest absolute Gasteiger partial charge is 0.481 e. The number of nitrogens with zero attached hydrogens (tertiary/aromatic N) is 1. The molecule has 248 valence electrons. The van der Waals surface area contributed by atoms with Gasteiger partial charge in [-0.1, -0.05) is 6.07 Å². The minimum atomic E-state index is -1.75. The zero-order valence-corrected chi connectivity index (χ0v) is 26.0. The van der Waals surface area contributed by atoms with Gasteiger partial charge in [-0.15, -0.1) is 0 Å². The van der Waals surface area contributed by atoms with E-state index in [2.05, 4.69) is 20.9 Å². The number of esters is 1. The first-order chi connectivity index (χ1) is 21.3. The molecule has 0 saturated carbocycles. The van der Waals surface area contributed by atoms with Gasteiger partial charge >= 0.3 is 30.1 Å². The number of amides is 3. The molecule has 0 aliphatic rings.